The van der Waals surface area contributed by atoms with Crippen molar-refractivity contribution in [3.8, 4) is 0 Å². The Hall–Kier alpha value is -1.89. The van der Waals surface area contributed by atoms with Crippen LogP contribution < -0.4 is 0 Å². The monoisotopic (exact) mass is 537 g/mol. The fourth-order valence-corrected chi connectivity index (χ4v) is 8.77. The molecule has 4 aliphatic carbocycles. The first-order valence-electron chi connectivity index (χ1n) is 13.8. The lowest BCUT2D eigenvalue weighted by atomic mass is 9.44. The molecule has 5 rings (SSSR count). The Bertz CT molecular complexity index is 1270. The van der Waals surface area contributed by atoms with E-state index in [0.29, 0.717) is 6.42 Å². The molecule has 1 aromatic rings. The third kappa shape index (κ3) is 3.04. The third-order valence-electron chi connectivity index (χ3n) is 9.70. The van der Waals surface area contributed by atoms with Crippen molar-refractivity contribution in [1.82, 2.24) is 0 Å². The topological polar surface area (TPSA) is 93.8 Å². The number of fused-ring (bicyclic) bond motifs is 5. The molecule has 3 saturated carbocycles. The van der Waals surface area contributed by atoms with Crippen LogP contribution in [0.5, 0.6) is 0 Å². The van der Waals surface area contributed by atoms with Crippen LogP contribution in [0.1, 0.15) is 61.6 Å². The van der Waals surface area contributed by atoms with Crippen LogP contribution in [0.3, 0.4) is 0 Å². The minimum atomic E-state index is -2.70. The van der Waals surface area contributed by atoms with E-state index in [4.69, 9.17) is 36.5 Å². The molecule has 6 nitrogen and oxygen atoms in total. The number of hydrogen-bond donors (Lipinski definition) is 1. The maximum Gasteiger partial charge on any atom is 0.375 e. The van der Waals surface area contributed by atoms with Crippen molar-refractivity contribution >= 4 is 40.7 Å². The van der Waals surface area contributed by atoms with Crippen LogP contribution in [0.15, 0.2) is 46.6 Å². The summed E-state index contributed by atoms with van der Waals surface area (Å²) >= 11 is 13.6. The number of hydrogen-bond acceptors (Lipinski definition) is 6. The molecule has 1 unspecified atom stereocenters. The van der Waals surface area contributed by atoms with Crippen molar-refractivity contribution in [3.63, 3.8) is 0 Å². The van der Waals surface area contributed by atoms with Crippen molar-refractivity contribution < 1.29 is 32.8 Å². The van der Waals surface area contributed by atoms with Crippen LogP contribution in [0.2, 0.25) is 0 Å². The van der Waals surface area contributed by atoms with E-state index in [0.717, 1.165) is 5.57 Å². The summed E-state index contributed by atoms with van der Waals surface area (Å²) in [6.45, 7) is 2.89. The standard InChI is InChI=1S/C28H32Cl2O6/c1-15-10-20-19-11-16(2)28(23(33)14-29,36-24(34)21-6-5-9-35-21)26(19,4)13-22(32)27(20,30)25(3)8-7-17(31)12-18(15)25/h5-9,12,15-16,19-20,22,32H,10-11,13-14H2,1-4H3/t15-,16+,19-,20-,22?,25-,26-,27-,28-/m0/s1/i2D3. The minimum Gasteiger partial charge on any atom is -0.457 e. The second kappa shape index (κ2) is 8.31. The molecule has 9 atom stereocenters. The first-order valence-corrected chi connectivity index (χ1v) is 13.2. The van der Waals surface area contributed by atoms with Crippen molar-refractivity contribution in [3.05, 3.63) is 48.0 Å². The number of esters is 1. The molecule has 194 valence electrons. The molecule has 4 aliphatic rings. The fraction of sp³-hybridized carbons (Fsp3) is 0.607. The zero-order valence-corrected chi connectivity index (χ0v) is 21.9. The van der Waals surface area contributed by atoms with E-state index in [-0.39, 0.29) is 30.3 Å². The molecular weight excluding hydrogens is 503 g/mol. The quantitative estimate of drug-likeness (QED) is 0.423. The SMILES string of the molecule is [2H]C([2H])([2H])[C@@H]1C[C@H]2[C@@H]3C[C@H](C)C4=CC(=O)C=C[C@]4(C)[C@@]3(Cl)C(O)C[C@]2(C)[C@@]1(OC(=O)c1ccco1)C(=O)CCl. The summed E-state index contributed by atoms with van der Waals surface area (Å²) in [4.78, 5) is 38.1. The van der Waals surface area contributed by atoms with E-state index in [2.05, 4.69) is 0 Å². The van der Waals surface area contributed by atoms with Gasteiger partial charge in [0, 0.05) is 20.9 Å². The van der Waals surface area contributed by atoms with Crippen LogP contribution in [-0.4, -0.2) is 45.1 Å². The van der Waals surface area contributed by atoms with Crippen LogP contribution in [0.25, 0.3) is 0 Å². The number of halogens is 2. The fourth-order valence-electron chi connectivity index (χ4n) is 8.08. The van der Waals surface area contributed by atoms with E-state index >= 15 is 0 Å². The Kier molecular flexibility index (Phi) is 5.10. The molecule has 1 N–H and O–H groups in total. The van der Waals surface area contributed by atoms with E-state index in [1.54, 1.807) is 19.1 Å². The highest BCUT2D eigenvalue weighted by Gasteiger charge is 2.76. The second-order valence-electron chi connectivity index (χ2n) is 11.2. The molecule has 3 fully saturated rings. The number of Topliss-reactive ketones (excluding diaryl/α,β-unsaturated/α-hetero) is 1. The Labute approximate surface area is 225 Å². The summed E-state index contributed by atoms with van der Waals surface area (Å²) in [6, 6.07) is 2.85. The van der Waals surface area contributed by atoms with Gasteiger partial charge in [0.15, 0.2) is 17.2 Å². The molecule has 36 heavy (non-hydrogen) atoms. The van der Waals surface area contributed by atoms with E-state index in [9.17, 15) is 19.5 Å². The maximum atomic E-state index is 13.8. The second-order valence-corrected chi connectivity index (χ2v) is 12.1. The highest BCUT2D eigenvalue weighted by molar-refractivity contribution is 6.29. The summed E-state index contributed by atoms with van der Waals surface area (Å²) in [5.74, 6) is -5.11. The molecule has 0 aromatic carbocycles. The third-order valence-corrected chi connectivity index (χ3v) is 10.9. The number of rotatable bonds is 4. The summed E-state index contributed by atoms with van der Waals surface area (Å²) in [5, 5.41) is 11.9. The van der Waals surface area contributed by atoms with Gasteiger partial charge in [-0.1, -0.05) is 39.3 Å². The number of alkyl halides is 2. The molecule has 0 bridgehead atoms. The highest BCUT2D eigenvalue weighted by atomic mass is 35.5. The average molecular weight is 538 g/mol. The van der Waals surface area contributed by atoms with Crippen molar-refractivity contribution in [2.24, 2.45) is 34.5 Å². The summed E-state index contributed by atoms with van der Waals surface area (Å²) in [6.07, 6.45) is 5.17. The van der Waals surface area contributed by atoms with Gasteiger partial charge in [0.25, 0.3) is 0 Å². The molecular formula is C28H32Cl2O6. The van der Waals surface area contributed by atoms with Gasteiger partial charge >= 0.3 is 5.97 Å². The molecule has 0 aliphatic heterocycles. The lowest BCUT2D eigenvalue weighted by molar-refractivity contribution is -0.178. The first-order chi connectivity index (χ1) is 18.1. The Morgan fingerprint density at radius 2 is 2.06 bits per heavy atom. The average Bonchev–Trinajstić information content (AvgIpc) is 3.48. The molecule has 0 amide bonds. The zero-order chi connectivity index (χ0) is 28.8. The predicted octanol–water partition coefficient (Wildman–Crippen LogP) is 5.12. The number of carbonyl (C=O) groups is 3. The van der Waals surface area contributed by atoms with Crippen molar-refractivity contribution in [1.29, 1.82) is 0 Å². The number of carbonyl (C=O) groups excluding carboxylic acids is 3. The van der Waals surface area contributed by atoms with Gasteiger partial charge in [-0.25, -0.2) is 4.79 Å². The van der Waals surface area contributed by atoms with Crippen LogP contribution in [-0.2, 0) is 14.3 Å². The number of aliphatic hydroxyl groups excluding tert-OH is 1. The normalized spacial score (nSPS) is 46.9. The smallest absolute Gasteiger partial charge is 0.375 e. The summed E-state index contributed by atoms with van der Waals surface area (Å²) in [7, 11) is 0. The van der Waals surface area contributed by atoms with Gasteiger partial charge in [-0.05, 0) is 61.3 Å². The van der Waals surface area contributed by atoms with Gasteiger partial charge in [-0.3, -0.25) is 9.59 Å². The summed E-state index contributed by atoms with van der Waals surface area (Å²) < 4.78 is 36.6. The molecule has 8 heteroatoms. The van der Waals surface area contributed by atoms with Crippen LogP contribution >= 0.6 is 23.2 Å². The van der Waals surface area contributed by atoms with Gasteiger partial charge in [-0.2, -0.15) is 0 Å². The maximum absolute atomic E-state index is 13.8. The first kappa shape index (κ1) is 22.1. The molecule has 0 saturated heterocycles. The lowest BCUT2D eigenvalue weighted by Crippen LogP contribution is -2.70. The van der Waals surface area contributed by atoms with Crippen molar-refractivity contribution in [2.45, 2.75) is 63.5 Å². The molecule has 0 spiro atoms. The Morgan fingerprint density at radius 3 is 2.69 bits per heavy atom. The number of allylic oxidation sites excluding steroid dienone is 4. The lowest BCUT2D eigenvalue weighted by Gasteiger charge is -2.65. The van der Waals surface area contributed by atoms with Gasteiger partial charge in [0.05, 0.1) is 23.1 Å². The predicted molar refractivity (Wildman–Crippen MR) is 135 cm³/mol. The van der Waals surface area contributed by atoms with E-state index in [1.807, 2.05) is 13.8 Å². The highest BCUT2D eigenvalue weighted by Crippen LogP contribution is 2.72. The van der Waals surface area contributed by atoms with Gasteiger partial charge in [0.1, 0.15) is 0 Å². The minimum absolute atomic E-state index is 0.0113. The largest absolute Gasteiger partial charge is 0.457 e. The summed E-state index contributed by atoms with van der Waals surface area (Å²) in [5.41, 5.74) is -3.55. The van der Waals surface area contributed by atoms with E-state index < -0.39 is 69.6 Å². The number of ketones is 2. The molecule has 1 heterocycles. The van der Waals surface area contributed by atoms with Gasteiger partial charge < -0.3 is 14.3 Å². The number of furan rings is 1. The number of ether oxygens (including phenoxy) is 1. The van der Waals surface area contributed by atoms with Crippen LogP contribution in [0.4, 0.5) is 0 Å². The zero-order valence-electron chi connectivity index (χ0n) is 23.4. The van der Waals surface area contributed by atoms with Gasteiger partial charge in [-0.15, -0.1) is 23.2 Å². The van der Waals surface area contributed by atoms with Gasteiger partial charge in [0.2, 0.25) is 5.76 Å². The number of aliphatic hydroxyl groups is 1. The van der Waals surface area contributed by atoms with Crippen molar-refractivity contribution in [2.75, 3.05) is 5.88 Å². The van der Waals surface area contributed by atoms with E-state index in [1.165, 1.54) is 24.5 Å². The Balaban J connectivity index is 1.71. The van der Waals surface area contributed by atoms with Crippen LogP contribution in [0, 0.1) is 34.5 Å². The Morgan fingerprint density at radius 1 is 1.31 bits per heavy atom. The molecule has 0 radical (unpaired) electrons. The molecule has 1 aromatic heterocycles.